The zero-order valence-corrected chi connectivity index (χ0v) is 13.5. The minimum Gasteiger partial charge on any atom is -0.447 e. The monoisotopic (exact) mass is 387 g/mol. The normalized spacial score (nSPS) is 14.4. The van der Waals surface area contributed by atoms with E-state index in [1.54, 1.807) is 0 Å². The number of imide groups is 1. The Kier molecular flexibility index (Phi) is 5.82. The Hall–Kier alpha value is -1.11. The molecule has 1 aromatic carbocycles. The summed E-state index contributed by atoms with van der Waals surface area (Å²) in [5.74, 6) is -0.109. The first-order valence-corrected chi connectivity index (χ1v) is 7.96. The van der Waals surface area contributed by atoms with Crippen LogP contribution in [-0.4, -0.2) is 30.1 Å². The van der Waals surface area contributed by atoms with Gasteiger partial charge in [-0.2, -0.15) is 0 Å². The number of benzene rings is 1. The smallest absolute Gasteiger partial charge is 0.416 e. The molecule has 0 bridgehead atoms. The lowest BCUT2D eigenvalue weighted by atomic mass is 10.1. The number of aryl methyl sites for hydroxylation is 1. The van der Waals surface area contributed by atoms with Crippen LogP contribution in [0.5, 0.6) is 0 Å². The van der Waals surface area contributed by atoms with Crippen LogP contribution in [0, 0.1) is 3.57 Å². The van der Waals surface area contributed by atoms with Crippen LogP contribution in [0.25, 0.3) is 0 Å². The van der Waals surface area contributed by atoms with Crippen molar-refractivity contribution in [3.05, 3.63) is 33.4 Å². The topological polar surface area (TPSA) is 46.6 Å². The molecule has 20 heavy (non-hydrogen) atoms. The first-order valence-electron chi connectivity index (χ1n) is 6.88. The first-order chi connectivity index (χ1) is 9.66. The molecule has 2 rings (SSSR count). The fourth-order valence-electron chi connectivity index (χ4n) is 2.23. The van der Waals surface area contributed by atoms with Crippen molar-refractivity contribution in [3.63, 3.8) is 0 Å². The number of ether oxygens (including phenoxy) is 1. The van der Waals surface area contributed by atoms with Gasteiger partial charge in [0.1, 0.15) is 6.61 Å². The average Bonchev–Trinajstić information content (AvgIpc) is 2.84. The van der Waals surface area contributed by atoms with Crippen molar-refractivity contribution in [2.24, 2.45) is 0 Å². The molecular formula is C15H18INO3. The van der Waals surface area contributed by atoms with E-state index in [0.29, 0.717) is 19.6 Å². The number of rotatable bonds is 6. The van der Waals surface area contributed by atoms with Crippen molar-refractivity contribution in [1.29, 1.82) is 0 Å². The van der Waals surface area contributed by atoms with E-state index >= 15 is 0 Å². The molecule has 1 aliphatic heterocycles. The van der Waals surface area contributed by atoms with Gasteiger partial charge in [0.15, 0.2) is 0 Å². The molecule has 0 aliphatic carbocycles. The summed E-state index contributed by atoms with van der Waals surface area (Å²) in [7, 11) is 0. The second-order valence-electron chi connectivity index (χ2n) is 4.85. The lowest BCUT2D eigenvalue weighted by Crippen LogP contribution is -2.31. The Morgan fingerprint density at radius 2 is 2.15 bits per heavy atom. The van der Waals surface area contributed by atoms with Crippen molar-refractivity contribution in [2.45, 2.75) is 32.1 Å². The average molecular weight is 387 g/mol. The van der Waals surface area contributed by atoms with E-state index in [-0.39, 0.29) is 5.91 Å². The van der Waals surface area contributed by atoms with Crippen molar-refractivity contribution in [1.82, 2.24) is 4.90 Å². The third-order valence-electron chi connectivity index (χ3n) is 3.31. The molecule has 0 saturated carbocycles. The molecule has 0 spiro atoms. The minimum atomic E-state index is -0.492. The molecule has 0 atom stereocenters. The third-order valence-corrected chi connectivity index (χ3v) is 3.98. The number of unbranched alkanes of at least 4 members (excludes halogenated alkanes) is 2. The van der Waals surface area contributed by atoms with E-state index in [0.717, 1.165) is 25.7 Å². The molecular weight excluding hydrogens is 369 g/mol. The van der Waals surface area contributed by atoms with Gasteiger partial charge in [0.2, 0.25) is 5.91 Å². The van der Waals surface area contributed by atoms with Crippen LogP contribution in [0.2, 0.25) is 0 Å². The molecule has 5 heteroatoms. The summed E-state index contributed by atoms with van der Waals surface area (Å²) in [6, 6.07) is 8.47. The highest BCUT2D eigenvalue weighted by molar-refractivity contribution is 14.1. The summed E-state index contributed by atoms with van der Waals surface area (Å²) in [5, 5.41) is 0. The Morgan fingerprint density at radius 1 is 1.30 bits per heavy atom. The molecule has 108 valence electrons. The highest BCUT2D eigenvalue weighted by atomic mass is 127. The maximum absolute atomic E-state index is 11.8. The number of halogens is 1. The summed E-state index contributed by atoms with van der Waals surface area (Å²) >= 11 is 2.31. The minimum absolute atomic E-state index is 0.109. The molecule has 0 aromatic heterocycles. The second kappa shape index (κ2) is 7.61. The molecule has 0 unspecified atom stereocenters. The van der Waals surface area contributed by atoms with Crippen LogP contribution < -0.4 is 0 Å². The van der Waals surface area contributed by atoms with E-state index in [1.165, 1.54) is 14.0 Å². The zero-order chi connectivity index (χ0) is 14.4. The summed E-state index contributed by atoms with van der Waals surface area (Å²) < 4.78 is 6.00. The number of cyclic esters (lactones) is 1. The SMILES string of the molecule is O=C(CCCCCc1cccc(I)c1)N1CCOC1=O. The fourth-order valence-corrected chi connectivity index (χ4v) is 2.84. The molecule has 2 amide bonds. The Morgan fingerprint density at radius 3 is 2.85 bits per heavy atom. The number of amides is 2. The molecule has 1 heterocycles. The van der Waals surface area contributed by atoms with Gasteiger partial charge in [-0.25, -0.2) is 9.69 Å². The van der Waals surface area contributed by atoms with Gasteiger partial charge in [-0.05, 0) is 59.5 Å². The van der Waals surface area contributed by atoms with E-state index < -0.39 is 6.09 Å². The van der Waals surface area contributed by atoms with E-state index in [4.69, 9.17) is 4.74 Å². The Labute approximate surface area is 132 Å². The lowest BCUT2D eigenvalue weighted by Gasteiger charge is -2.10. The first kappa shape index (κ1) is 15.3. The molecule has 1 aliphatic rings. The van der Waals surface area contributed by atoms with Gasteiger partial charge in [0, 0.05) is 9.99 Å². The summed E-state index contributed by atoms with van der Waals surface area (Å²) in [5.41, 5.74) is 1.34. The zero-order valence-electron chi connectivity index (χ0n) is 11.3. The Balaban J connectivity index is 1.62. The number of carbonyl (C=O) groups excluding carboxylic acids is 2. The molecule has 0 radical (unpaired) electrons. The number of hydrogen-bond donors (Lipinski definition) is 0. The lowest BCUT2D eigenvalue weighted by molar-refractivity contribution is -0.127. The highest BCUT2D eigenvalue weighted by Gasteiger charge is 2.27. The van der Waals surface area contributed by atoms with Gasteiger partial charge < -0.3 is 4.74 Å². The summed E-state index contributed by atoms with van der Waals surface area (Å²) in [4.78, 5) is 24.2. The summed E-state index contributed by atoms with van der Waals surface area (Å²) in [6.07, 6.45) is 3.87. The van der Waals surface area contributed by atoms with E-state index in [9.17, 15) is 9.59 Å². The van der Waals surface area contributed by atoms with E-state index in [2.05, 4.69) is 46.9 Å². The predicted molar refractivity (Wildman–Crippen MR) is 84.4 cm³/mol. The standard InChI is InChI=1S/C15H18INO3/c16-13-7-4-6-12(11-13)5-2-1-3-8-14(18)17-9-10-20-15(17)19/h4,6-7,11H,1-3,5,8-10H2. The predicted octanol–water partition coefficient (Wildman–Crippen LogP) is 3.37. The third kappa shape index (κ3) is 4.47. The number of hydrogen-bond acceptors (Lipinski definition) is 3. The van der Waals surface area contributed by atoms with Crippen LogP contribution in [-0.2, 0) is 16.0 Å². The van der Waals surface area contributed by atoms with Crippen molar-refractivity contribution >= 4 is 34.6 Å². The van der Waals surface area contributed by atoms with Crippen molar-refractivity contribution < 1.29 is 14.3 Å². The van der Waals surface area contributed by atoms with Crippen LogP contribution in [0.4, 0.5) is 4.79 Å². The Bertz CT molecular complexity index is 490. The van der Waals surface area contributed by atoms with Gasteiger partial charge in [0.25, 0.3) is 0 Å². The van der Waals surface area contributed by atoms with Gasteiger partial charge in [0.05, 0.1) is 6.54 Å². The quantitative estimate of drug-likeness (QED) is 0.556. The van der Waals surface area contributed by atoms with Gasteiger partial charge in [-0.15, -0.1) is 0 Å². The van der Waals surface area contributed by atoms with Crippen LogP contribution in [0.1, 0.15) is 31.2 Å². The van der Waals surface area contributed by atoms with Crippen molar-refractivity contribution in [2.75, 3.05) is 13.2 Å². The number of carbonyl (C=O) groups is 2. The number of nitrogens with zero attached hydrogens (tertiary/aromatic N) is 1. The molecule has 1 fully saturated rings. The van der Waals surface area contributed by atoms with Gasteiger partial charge >= 0.3 is 6.09 Å². The maximum atomic E-state index is 11.8. The second-order valence-corrected chi connectivity index (χ2v) is 6.10. The molecule has 1 saturated heterocycles. The van der Waals surface area contributed by atoms with Crippen molar-refractivity contribution in [3.8, 4) is 0 Å². The summed E-state index contributed by atoms with van der Waals surface area (Å²) in [6.45, 7) is 0.733. The van der Waals surface area contributed by atoms with Crippen LogP contribution in [0.15, 0.2) is 24.3 Å². The van der Waals surface area contributed by atoms with E-state index in [1.807, 2.05) is 0 Å². The largest absolute Gasteiger partial charge is 0.447 e. The molecule has 1 aromatic rings. The van der Waals surface area contributed by atoms with Crippen LogP contribution in [0.3, 0.4) is 0 Å². The van der Waals surface area contributed by atoms with Gasteiger partial charge in [-0.3, -0.25) is 4.79 Å². The maximum Gasteiger partial charge on any atom is 0.416 e. The van der Waals surface area contributed by atoms with Crippen LogP contribution >= 0.6 is 22.6 Å². The highest BCUT2D eigenvalue weighted by Crippen LogP contribution is 2.13. The fraction of sp³-hybridized carbons (Fsp3) is 0.467. The molecule has 4 nitrogen and oxygen atoms in total. The van der Waals surface area contributed by atoms with Gasteiger partial charge in [-0.1, -0.05) is 18.6 Å². The molecule has 0 N–H and O–H groups in total.